The summed E-state index contributed by atoms with van der Waals surface area (Å²) in [5, 5.41) is 2.06. The van der Waals surface area contributed by atoms with Gasteiger partial charge in [-0.2, -0.15) is 0 Å². The molecule has 0 bridgehead atoms. The van der Waals surface area contributed by atoms with Gasteiger partial charge in [-0.3, -0.25) is 0 Å². The molecule has 0 saturated carbocycles. The Hall–Kier alpha value is -3.87. The van der Waals surface area contributed by atoms with E-state index in [9.17, 15) is 0 Å². The van der Waals surface area contributed by atoms with Crippen LogP contribution in [0.2, 0.25) is 0 Å². The van der Waals surface area contributed by atoms with Gasteiger partial charge in [-0.05, 0) is 36.4 Å². The largest absolute Gasteiger partial charge is 0.497 e. The van der Waals surface area contributed by atoms with Gasteiger partial charge in [-0.1, -0.05) is 0 Å². The Morgan fingerprint density at radius 2 is 2.00 bits per heavy atom. The van der Waals surface area contributed by atoms with E-state index in [1.54, 1.807) is 13.3 Å². The Morgan fingerprint density at radius 3 is 2.85 bits per heavy atom. The van der Waals surface area contributed by atoms with Crippen molar-refractivity contribution in [3.8, 4) is 28.3 Å². The van der Waals surface area contributed by atoms with Crippen LogP contribution in [0, 0.1) is 0 Å². The highest BCUT2D eigenvalue weighted by molar-refractivity contribution is 5.96. The fourth-order valence-corrected chi connectivity index (χ4v) is 3.28. The molecule has 7 heteroatoms. The second-order valence-electron chi connectivity index (χ2n) is 6.26. The van der Waals surface area contributed by atoms with Crippen molar-refractivity contribution in [2.45, 2.75) is 0 Å². The number of anilines is 1. The maximum atomic E-state index is 5.73. The smallest absolute Gasteiger partial charge is 0.220 e. The fraction of sp³-hybridized carbons (Fsp3) is 0.0500. The Bertz CT molecular complexity index is 1290. The Morgan fingerprint density at radius 1 is 1.07 bits per heavy atom. The molecule has 4 N–H and O–H groups in total. The van der Waals surface area contributed by atoms with E-state index >= 15 is 0 Å². The van der Waals surface area contributed by atoms with Crippen LogP contribution in [-0.4, -0.2) is 32.0 Å². The number of rotatable bonds is 3. The Balaban J connectivity index is 1.65. The molecule has 7 nitrogen and oxygen atoms in total. The molecule has 27 heavy (non-hydrogen) atoms. The third-order valence-corrected chi connectivity index (χ3v) is 4.62. The molecule has 5 rings (SSSR count). The number of ether oxygens (including phenoxy) is 1. The van der Waals surface area contributed by atoms with Gasteiger partial charge in [0.25, 0.3) is 0 Å². The molecule has 4 aromatic heterocycles. The first-order chi connectivity index (χ1) is 13.2. The van der Waals surface area contributed by atoms with Gasteiger partial charge < -0.3 is 20.4 Å². The molecular formula is C20H16N6O. The van der Waals surface area contributed by atoms with Gasteiger partial charge in [0.15, 0.2) is 0 Å². The van der Waals surface area contributed by atoms with Crippen molar-refractivity contribution in [1.82, 2.24) is 24.9 Å². The van der Waals surface area contributed by atoms with Crippen LogP contribution >= 0.6 is 0 Å². The summed E-state index contributed by atoms with van der Waals surface area (Å²) in [5.41, 5.74) is 11.2. The second kappa shape index (κ2) is 5.84. The summed E-state index contributed by atoms with van der Waals surface area (Å²) in [4.78, 5) is 19.5. The molecule has 132 valence electrons. The van der Waals surface area contributed by atoms with Crippen molar-refractivity contribution in [3.05, 3.63) is 55.0 Å². The Labute approximate surface area is 154 Å². The zero-order valence-electron chi connectivity index (χ0n) is 14.5. The molecule has 0 saturated heterocycles. The minimum absolute atomic E-state index is 0.246. The summed E-state index contributed by atoms with van der Waals surface area (Å²) < 4.78 is 5.31. The maximum Gasteiger partial charge on any atom is 0.220 e. The number of nitrogens with zero attached hydrogens (tertiary/aromatic N) is 3. The molecule has 0 radical (unpaired) electrons. The van der Waals surface area contributed by atoms with E-state index in [0.717, 1.165) is 50.2 Å². The molecule has 0 spiro atoms. The molecule has 0 amide bonds. The van der Waals surface area contributed by atoms with E-state index in [0.29, 0.717) is 0 Å². The number of hydrogen-bond acceptors (Lipinski definition) is 5. The minimum atomic E-state index is 0.246. The zero-order chi connectivity index (χ0) is 18.4. The SMILES string of the molecule is COc1ccc2[nH]c(-c3cnc4[nH]cc(-c5ccnc(N)n5)c4c3)cc2c1. The number of benzene rings is 1. The zero-order valence-corrected chi connectivity index (χ0v) is 14.5. The molecule has 0 atom stereocenters. The van der Waals surface area contributed by atoms with Crippen LogP contribution in [-0.2, 0) is 0 Å². The first kappa shape index (κ1) is 15.4. The summed E-state index contributed by atoms with van der Waals surface area (Å²) in [7, 11) is 1.67. The van der Waals surface area contributed by atoms with Crippen molar-refractivity contribution in [2.75, 3.05) is 12.8 Å². The molecule has 0 aliphatic carbocycles. The summed E-state index contributed by atoms with van der Waals surface area (Å²) in [6.45, 7) is 0. The van der Waals surface area contributed by atoms with Crippen LogP contribution < -0.4 is 10.5 Å². The van der Waals surface area contributed by atoms with Crippen LogP contribution in [0.4, 0.5) is 5.95 Å². The highest BCUT2D eigenvalue weighted by atomic mass is 16.5. The van der Waals surface area contributed by atoms with Crippen LogP contribution in [0.15, 0.2) is 55.0 Å². The third kappa shape index (κ3) is 2.56. The van der Waals surface area contributed by atoms with Crippen LogP contribution in [0.3, 0.4) is 0 Å². The van der Waals surface area contributed by atoms with Crippen molar-refractivity contribution in [3.63, 3.8) is 0 Å². The van der Waals surface area contributed by atoms with Gasteiger partial charge >= 0.3 is 0 Å². The van der Waals surface area contributed by atoms with Crippen molar-refractivity contribution >= 4 is 27.9 Å². The molecule has 0 aliphatic rings. The van der Waals surface area contributed by atoms with Crippen molar-refractivity contribution < 1.29 is 4.74 Å². The summed E-state index contributed by atoms with van der Waals surface area (Å²) >= 11 is 0. The lowest BCUT2D eigenvalue weighted by Gasteiger charge is -2.02. The van der Waals surface area contributed by atoms with E-state index < -0.39 is 0 Å². The minimum Gasteiger partial charge on any atom is -0.497 e. The van der Waals surface area contributed by atoms with Gasteiger partial charge in [-0.25, -0.2) is 15.0 Å². The number of H-pyrrole nitrogens is 2. The first-order valence-corrected chi connectivity index (χ1v) is 8.44. The van der Waals surface area contributed by atoms with E-state index in [1.807, 2.05) is 36.7 Å². The van der Waals surface area contributed by atoms with Crippen LogP contribution in [0.1, 0.15) is 0 Å². The second-order valence-corrected chi connectivity index (χ2v) is 6.26. The number of hydrogen-bond donors (Lipinski definition) is 3. The summed E-state index contributed by atoms with van der Waals surface area (Å²) in [6, 6.07) is 12.0. The summed E-state index contributed by atoms with van der Waals surface area (Å²) in [5.74, 6) is 1.08. The first-order valence-electron chi connectivity index (χ1n) is 8.44. The lowest BCUT2D eigenvalue weighted by atomic mass is 10.1. The number of nitrogen functional groups attached to an aromatic ring is 1. The highest BCUT2D eigenvalue weighted by Crippen LogP contribution is 2.31. The number of nitrogens with one attached hydrogen (secondary N) is 2. The van der Waals surface area contributed by atoms with E-state index in [2.05, 4.69) is 37.1 Å². The maximum absolute atomic E-state index is 5.73. The van der Waals surface area contributed by atoms with Gasteiger partial charge in [0.1, 0.15) is 11.4 Å². The quantitative estimate of drug-likeness (QED) is 0.456. The standard InChI is InChI=1S/C20H16N6O/c1-27-13-2-3-16-11(6-13)8-18(25-16)12-7-14-15(10-24-19(14)23-9-12)17-4-5-22-20(21)26-17/h2-10,25H,1H3,(H,23,24)(H2,21,22,26). The lowest BCUT2D eigenvalue weighted by Crippen LogP contribution is -1.94. The molecule has 0 aliphatic heterocycles. The number of pyridine rings is 1. The van der Waals surface area contributed by atoms with Gasteiger partial charge in [0, 0.05) is 51.7 Å². The average molecular weight is 356 g/mol. The lowest BCUT2D eigenvalue weighted by molar-refractivity contribution is 0.415. The third-order valence-electron chi connectivity index (χ3n) is 4.62. The molecule has 0 fully saturated rings. The number of nitrogens with two attached hydrogens (primary N) is 1. The molecule has 4 heterocycles. The normalized spacial score (nSPS) is 11.3. The number of methoxy groups -OCH3 is 1. The number of aromatic nitrogens is 5. The van der Waals surface area contributed by atoms with Crippen molar-refractivity contribution in [2.24, 2.45) is 0 Å². The van der Waals surface area contributed by atoms with E-state index in [-0.39, 0.29) is 5.95 Å². The fourth-order valence-electron chi connectivity index (χ4n) is 3.28. The molecular weight excluding hydrogens is 340 g/mol. The van der Waals surface area contributed by atoms with Gasteiger partial charge in [0.2, 0.25) is 5.95 Å². The average Bonchev–Trinajstić information content (AvgIpc) is 3.30. The predicted molar refractivity (Wildman–Crippen MR) is 105 cm³/mol. The highest BCUT2D eigenvalue weighted by Gasteiger charge is 2.12. The van der Waals surface area contributed by atoms with Gasteiger partial charge in [0.05, 0.1) is 12.8 Å². The van der Waals surface area contributed by atoms with E-state index in [4.69, 9.17) is 10.5 Å². The Kier molecular flexibility index (Phi) is 3.33. The number of aromatic amines is 2. The van der Waals surface area contributed by atoms with Crippen LogP contribution in [0.5, 0.6) is 5.75 Å². The topological polar surface area (TPSA) is 106 Å². The molecule has 5 aromatic rings. The summed E-state index contributed by atoms with van der Waals surface area (Å²) in [6.07, 6.45) is 5.39. The number of fused-ring (bicyclic) bond motifs is 2. The van der Waals surface area contributed by atoms with Crippen molar-refractivity contribution in [1.29, 1.82) is 0 Å². The monoisotopic (exact) mass is 356 g/mol. The molecule has 1 aromatic carbocycles. The molecule has 0 unspecified atom stereocenters. The van der Waals surface area contributed by atoms with E-state index in [1.165, 1.54) is 0 Å². The van der Waals surface area contributed by atoms with Crippen LogP contribution in [0.25, 0.3) is 44.5 Å². The predicted octanol–water partition coefficient (Wildman–Crippen LogP) is 3.76. The van der Waals surface area contributed by atoms with Gasteiger partial charge in [-0.15, -0.1) is 0 Å².